The van der Waals surface area contributed by atoms with Crippen molar-refractivity contribution in [3.05, 3.63) is 59.9 Å². The topological polar surface area (TPSA) is 112 Å². The molecule has 3 atom stereocenters. The van der Waals surface area contributed by atoms with Crippen molar-refractivity contribution in [1.82, 2.24) is 15.6 Å². The van der Waals surface area contributed by atoms with E-state index in [0.29, 0.717) is 0 Å². The maximum Gasteiger partial charge on any atom is 0.437 e. The lowest BCUT2D eigenvalue weighted by Crippen LogP contribution is -2.72. The fourth-order valence-electron chi connectivity index (χ4n) is 3.02. The van der Waals surface area contributed by atoms with Crippen LogP contribution in [0.15, 0.2) is 48.8 Å². The number of carbonyl (C=O) groups is 2. The molecule has 0 spiro atoms. The van der Waals surface area contributed by atoms with Crippen LogP contribution in [0.4, 0.5) is 18.0 Å². The molecule has 1 saturated heterocycles. The van der Waals surface area contributed by atoms with Crippen molar-refractivity contribution < 1.29 is 33.0 Å². The first-order valence-corrected chi connectivity index (χ1v) is 7.74. The third-order valence-corrected chi connectivity index (χ3v) is 4.26. The van der Waals surface area contributed by atoms with Crippen LogP contribution in [0.25, 0.3) is 0 Å². The lowest BCUT2D eigenvalue weighted by molar-refractivity contribution is -0.287. The number of aromatic hydroxyl groups is 1. The molecule has 7 nitrogen and oxygen atoms in total. The average Bonchev–Trinajstić information content (AvgIpc) is 2.60. The van der Waals surface area contributed by atoms with E-state index >= 15 is 0 Å². The molecule has 10 heteroatoms. The van der Waals surface area contributed by atoms with Crippen molar-refractivity contribution in [1.29, 1.82) is 0 Å². The minimum Gasteiger partial charge on any atom is -0.508 e. The number of benzene rings is 1. The van der Waals surface area contributed by atoms with Crippen LogP contribution in [-0.2, 0) is 0 Å². The van der Waals surface area contributed by atoms with Gasteiger partial charge in [0.1, 0.15) is 11.7 Å². The predicted octanol–water partition coefficient (Wildman–Crippen LogP) is 1.89. The van der Waals surface area contributed by atoms with Crippen molar-refractivity contribution in [2.45, 2.75) is 17.9 Å². The van der Waals surface area contributed by atoms with E-state index in [1.54, 1.807) is 0 Å². The van der Waals surface area contributed by atoms with Gasteiger partial charge in [-0.1, -0.05) is 12.1 Å². The molecule has 0 unspecified atom stereocenters. The number of halogens is 3. The smallest absolute Gasteiger partial charge is 0.437 e. The Morgan fingerprint density at radius 3 is 2.56 bits per heavy atom. The Bertz CT molecular complexity index is 875. The normalized spacial score (nSPS) is 25.4. The van der Waals surface area contributed by atoms with E-state index in [2.05, 4.69) is 10.3 Å². The number of nitrogens with one attached hydrogen (secondary N) is 2. The molecule has 1 aliphatic rings. The van der Waals surface area contributed by atoms with Crippen molar-refractivity contribution in [2.75, 3.05) is 0 Å². The molecule has 0 saturated carbocycles. The molecule has 142 valence electrons. The van der Waals surface area contributed by atoms with Crippen LogP contribution in [0, 0.1) is 5.92 Å². The van der Waals surface area contributed by atoms with Gasteiger partial charge in [-0.3, -0.25) is 9.78 Å². The van der Waals surface area contributed by atoms with Gasteiger partial charge >= 0.3 is 12.2 Å². The number of amides is 2. The molecule has 2 heterocycles. The number of rotatable bonds is 3. The summed E-state index contributed by atoms with van der Waals surface area (Å²) in [5, 5.41) is 23.7. The summed E-state index contributed by atoms with van der Waals surface area (Å²) in [6, 6.07) is 4.81. The molecular weight excluding hydrogens is 367 g/mol. The molecule has 1 aromatic heterocycles. The molecule has 0 radical (unpaired) electrons. The summed E-state index contributed by atoms with van der Waals surface area (Å²) >= 11 is 0. The number of carbonyl (C=O) groups excluding carboxylic acids is 2. The second-order valence-corrected chi connectivity index (χ2v) is 6.02. The van der Waals surface area contributed by atoms with E-state index < -0.39 is 35.7 Å². The molecule has 2 amide bonds. The Labute approximate surface area is 150 Å². The molecule has 0 aliphatic carbocycles. The summed E-state index contributed by atoms with van der Waals surface area (Å²) in [6.07, 6.45) is -2.95. The molecule has 3 rings (SSSR count). The number of alkyl halides is 3. The molecular formula is C17H14F3N3O4. The first-order valence-electron chi connectivity index (χ1n) is 7.74. The van der Waals surface area contributed by atoms with Crippen LogP contribution >= 0.6 is 0 Å². The van der Waals surface area contributed by atoms with Crippen molar-refractivity contribution in [3.63, 3.8) is 0 Å². The second kappa shape index (κ2) is 6.54. The van der Waals surface area contributed by atoms with E-state index in [0.717, 1.165) is 12.3 Å². The minimum atomic E-state index is -5.34. The van der Waals surface area contributed by atoms with Crippen molar-refractivity contribution >= 4 is 11.8 Å². The van der Waals surface area contributed by atoms with Gasteiger partial charge in [-0.05, 0) is 29.8 Å². The highest BCUT2D eigenvalue weighted by Gasteiger charge is 2.66. The minimum absolute atomic E-state index is 0.0229. The number of aromatic nitrogens is 1. The molecule has 1 aliphatic heterocycles. The highest BCUT2D eigenvalue weighted by molar-refractivity contribution is 6.00. The maximum absolute atomic E-state index is 13.7. The zero-order chi connectivity index (χ0) is 19.8. The number of hydrogen-bond acceptors (Lipinski definition) is 5. The molecule has 4 N–H and O–H groups in total. The third-order valence-electron chi connectivity index (χ3n) is 4.26. The summed E-state index contributed by atoms with van der Waals surface area (Å²) in [4.78, 5) is 28.4. The van der Waals surface area contributed by atoms with Gasteiger partial charge in [0, 0.05) is 18.0 Å². The first kappa shape index (κ1) is 18.6. The quantitative estimate of drug-likeness (QED) is 0.607. The fourth-order valence-corrected chi connectivity index (χ4v) is 3.02. The number of nitrogens with zero attached hydrogens (tertiary/aromatic N) is 1. The molecule has 1 fully saturated rings. The standard InChI is InChI=1S/C17H14F3N3O4/c18-17(19,20)16(27)12(14(25)10-4-2-6-21-8-10)13(22-15(26)23-16)9-3-1-5-11(24)7-9/h1-8,12-13,24,27H,(H2,22,23,26)/t12-,13+,16+/m0/s1. The van der Waals surface area contributed by atoms with E-state index in [-0.39, 0.29) is 16.9 Å². The van der Waals surface area contributed by atoms with Gasteiger partial charge in [0.05, 0.1) is 6.04 Å². The van der Waals surface area contributed by atoms with E-state index in [1.165, 1.54) is 41.8 Å². The molecule has 1 aromatic carbocycles. The van der Waals surface area contributed by atoms with E-state index in [1.807, 2.05) is 0 Å². The zero-order valence-corrected chi connectivity index (χ0v) is 13.6. The number of phenols is 1. The fraction of sp³-hybridized carbons (Fsp3) is 0.235. The van der Waals surface area contributed by atoms with Crippen LogP contribution in [0.5, 0.6) is 5.75 Å². The number of Topliss-reactive ketones (excluding diaryl/α,β-unsaturated/α-hetero) is 1. The molecule has 2 aromatic rings. The van der Waals surface area contributed by atoms with Gasteiger partial charge in [0.2, 0.25) is 5.72 Å². The summed E-state index contributed by atoms with van der Waals surface area (Å²) < 4.78 is 41.1. The Balaban J connectivity index is 2.17. The van der Waals surface area contributed by atoms with Crippen LogP contribution in [0.2, 0.25) is 0 Å². The number of ketones is 1. The van der Waals surface area contributed by atoms with Crippen LogP contribution in [0.1, 0.15) is 22.0 Å². The van der Waals surface area contributed by atoms with Crippen molar-refractivity contribution in [3.8, 4) is 5.75 Å². The van der Waals surface area contributed by atoms with Gasteiger partial charge in [-0.15, -0.1) is 0 Å². The van der Waals surface area contributed by atoms with Gasteiger partial charge < -0.3 is 20.8 Å². The second-order valence-electron chi connectivity index (χ2n) is 6.02. The summed E-state index contributed by atoms with van der Waals surface area (Å²) in [6.45, 7) is 0. The highest BCUT2D eigenvalue weighted by atomic mass is 19.4. The summed E-state index contributed by atoms with van der Waals surface area (Å²) in [5.74, 6) is -3.52. The van der Waals surface area contributed by atoms with Crippen LogP contribution in [-0.4, -0.2) is 38.9 Å². The zero-order valence-electron chi connectivity index (χ0n) is 13.6. The van der Waals surface area contributed by atoms with E-state index in [4.69, 9.17) is 0 Å². The monoisotopic (exact) mass is 381 g/mol. The lowest BCUT2D eigenvalue weighted by atomic mass is 9.77. The molecule has 0 bridgehead atoms. The molecule has 27 heavy (non-hydrogen) atoms. The third kappa shape index (κ3) is 3.31. The Morgan fingerprint density at radius 1 is 1.22 bits per heavy atom. The van der Waals surface area contributed by atoms with Gasteiger partial charge in [0.15, 0.2) is 5.78 Å². The SMILES string of the molecule is O=C1N[C@H](c2cccc(O)c2)[C@@H](C(=O)c2cccnc2)[C@@](O)(C(F)(F)F)N1. The van der Waals surface area contributed by atoms with Gasteiger partial charge in [-0.25, -0.2) is 4.79 Å². The largest absolute Gasteiger partial charge is 0.508 e. The maximum atomic E-state index is 13.7. The van der Waals surface area contributed by atoms with Crippen LogP contribution in [0.3, 0.4) is 0 Å². The van der Waals surface area contributed by atoms with Gasteiger partial charge in [0.25, 0.3) is 0 Å². The summed E-state index contributed by atoms with van der Waals surface area (Å²) in [7, 11) is 0. The Kier molecular flexibility index (Phi) is 4.52. The van der Waals surface area contributed by atoms with Gasteiger partial charge in [-0.2, -0.15) is 13.2 Å². The van der Waals surface area contributed by atoms with Crippen LogP contribution < -0.4 is 10.6 Å². The van der Waals surface area contributed by atoms with E-state index in [9.17, 15) is 33.0 Å². The number of hydrogen-bond donors (Lipinski definition) is 4. The Morgan fingerprint density at radius 2 is 1.96 bits per heavy atom. The number of phenolic OH excluding ortho intramolecular Hbond substituents is 1. The average molecular weight is 381 g/mol. The number of aliphatic hydroxyl groups is 1. The van der Waals surface area contributed by atoms with Crippen molar-refractivity contribution in [2.24, 2.45) is 5.92 Å². The first-order chi connectivity index (χ1) is 12.6. The predicted molar refractivity (Wildman–Crippen MR) is 85.6 cm³/mol. The lowest BCUT2D eigenvalue weighted by Gasteiger charge is -2.45. The Hall–Kier alpha value is -3.14. The summed E-state index contributed by atoms with van der Waals surface area (Å²) in [5.41, 5.74) is -3.97. The number of pyridine rings is 1. The number of urea groups is 1. The highest BCUT2D eigenvalue weighted by Crippen LogP contribution is 2.44.